The largest absolute Gasteiger partial charge is 0.492 e. The fourth-order valence-electron chi connectivity index (χ4n) is 3.01. The van der Waals surface area contributed by atoms with Crippen LogP contribution < -0.4 is 14.4 Å². The molecule has 6 nitrogen and oxygen atoms in total. The van der Waals surface area contributed by atoms with Crippen molar-refractivity contribution < 1.29 is 17.9 Å². The van der Waals surface area contributed by atoms with Gasteiger partial charge in [-0.1, -0.05) is 18.2 Å². The van der Waals surface area contributed by atoms with Crippen molar-refractivity contribution in [1.82, 2.24) is 4.72 Å². The molecule has 1 aliphatic rings. The number of aryl methyl sites for hydroxylation is 1. The standard InChI is InChI=1S/C19H22N2O4S/c1-15(22)21-12-5-6-16-14-18(9-10-19(16)21)26(23,24)20-11-13-25-17-7-3-2-4-8-17/h2-4,7-10,14,20H,5-6,11-13H2,1H3. The Hall–Kier alpha value is -2.38. The quantitative estimate of drug-likeness (QED) is 0.788. The molecule has 138 valence electrons. The zero-order chi connectivity index (χ0) is 18.6. The lowest BCUT2D eigenvalue weighted by Crippen LogP contribution is -2.34. The van der Waals surface area contributed by atoms with Crippen LogP contribution in [0.4, 0.5) is 5.69 Å². The topological polar surface area (TPSA) is 75.7 Å². The molecule has 3 rings (SSSR count). The number of benzene rings is 2. The zero-order valence-corrected chi connectivity index (χ0v) is 15.5. The van der Waals surface area contributed by atoms with E-state index in [4.69, 9.17) is 4.74 Å². The molecule has 0 bridgehead atoms. The summed E-state index contributed by atoms with van der Waals surface area (Å²) in [5.41, 5.74) is 1.69. The average Bonchev–Trinajstić information content (AvgIpc) is 2.65. The summed E-state index contributed by atoms with van der Waals surface area (Å²) in [5, 5.41) is 0. The van der Waals surface area contributed by atoms with Gasteiger partial charge in [-0.05, 0) is 48.7 Å². The highest BCUT2D eigenvalue weighted by Gasteiger charge is 2.22. The molecule has 2 aromatic carbocycles. The van der Waals surface area contributed by atoms with Crippen LogP contribution in [0.1, 0.15) is 18.9 Å². The van der Waals surface area contributed by atoms with Gasteiger partial charge in [0.15, 0.2) is 0 Å². The van der Waals surface area contributed by atoms with E-state index in [1.54, 1.807) is 23.1 Å². The Morgan fingerprint density at radius 3 is 2.69 bits per heavy atom. The first-order valence-electron chi connectivity index (χ1n) is 8.56. The predicted molar refractivity (Wildman–Crippen MR) is 99.9 cm³/mol. The Kier molecular flexibility index (Phi) is 5.58. The normalized spacial score (nSPS) is 14.0. The molecule has 0 unspecified atom stereocenters. The number of fused-ring (bicyclic) bond motifs is 1. The maximum atomic E-state index is 12.5. The SMILES string of the molecule is CC(=O)N1CCCc2cc(S(=O)(=O)NCCOc3ccccc3)ccc21. The number of sulfonamides is 1. The second kappa shape index (κ2) is 7.88. The molecule has 1 heterocycles. The van der Waals surface area contributed by atoms with Gasteiger partial charge in [0.05, 0.1) is 4.90 Å². The summed E-state index contributed by atoms with van der Waals surface area (Å²) in [4.78, 5) is 13.6. The van der Waals surface area contributed by atoms with Crippen LogP contribution >= 0.6 is 0 Å². The van der Waals surface area contributed by atoms with Crippen LogP contribution in [-0.4, -0.2) is 34.0 Å². The molecule has 1 aliphatic heterocycles. The third-order valence-corrected chi connectivity index (χ3v) is 5.72. The summed E-state index contributed by atoms with van der Waals surface area (Å²) < 4.78 is 33.0. The lowest BCUT2D eigenvalue weighted by atomic mass is 10.0. The van der Waals surface area contributed by atoms with Crippen LogP contribution in [0.5, 0.6) is 5.75 Å². The maximum Gasteiger partial charge on any atom is 0.240 e. The van der Waals surface area contributed by atoms with Gasteiger partial charge in [0.2, 0.25) is 15.9 Å². The predicted octanol–water partition coefficient (Wildman–Crippen LogP) is 2.34. The minimum atomic E-state index is -3.62. The van der Waals surface area contributed by atoms with Crippen molar-refractivity contribution in [3.8, 4) is 5.75 Å². The van der Waals surface area contributed by atoms with Crippen LogP contribution in [0.25, 0.3) is 0 Å². The summed E-state index contributed by atoms with van der Waals surface area (Å²) in [6, 6.07) is 14.2. The Balaban J connectivity index is 1.65. The van der Waals surface area contributed by atoms with Crippen molar-refractivity contribution in [3.05, 3.63) is 54.1 Å². The van der Waals surface area contributed by atoms with E-state index in [2.05, 4.69) is 4.72 Å². The minimum absolute atomic E-state index is 0.0299. The van der Waals surface area contributed by atoms with Crippen LogP contribution in [0.3, 0.4) is 0 Å². The monoisotopic (exact) mass is 374 g/mol. The highest BCUT2D eigenvalue weighted by molar-refractivity contribution is 7.89. The van der Waals surface area contributed by atoms with Crippen molar-refractivity contribution >= 4 is 21.6 Å². The van der Waals surface area contributed by atoms with Crippen molar-refractivity contribution in [2.24, 2.45) is 0 Å². The summed E-state index contributed by atoms with van der Waals surface area (Å²) in [6.07, 6.45) is 1.59. The first-order valence-corrected chi connectivity index (χ1v) is 10.0. The third kappa shape index (κ3) is 4.23. The zero-order valence-electron chi connectivity index (χ0n) is 14.6. The van der Waals surface area contributed by atoms with Gasteiger partial charge < -0.3 is 9.64 Å². The molecule has 1 amide bonds. The molecular formula is C19H22N2O4S. The van der Waals surface area contributed by atoms with Crippen LogP contribution in [0.2, 0.25) is 0 Å². The van der Waals surface area contributed by atoms with Crippen molar-refractivity contribution in [3.63, 3.8) is 0 Å². The number of nitrogens with one attached hydrogen (secondary N) is 1. The Labute approximate surface area is 153 Å². The van der Waals surface area contributed by atoms with E-state index in [0.717, 1.165) is 24.1 Å². The van der Waals surface area contributed by atoms with E-state index in [-0.39, 0.29) is 24.0 Å². The van der Waals surface area contributed by atoms with E-state index in [9.17, 15) is 13.2 Å². The second-order valence-corrected chi connectivity index (χ2v) is 7.89. The van der Waals surface area contributed by atoms with Crippen molar-refractivity contribution in [2.45, 2.75) is 24.7 Å². The average molecular weight is 374 g/mol. The molecule has 7 heteroatoms. The van der Waals surface area contributed by atoms with Gasteiger partial charge in [-0.2, -0.15) is 0 Å². The highest BCUT2D eigenvalue weighted by Crippen LogP contribution is 2.29. The molecule has 26 heavy (non-hydrogen) atoms. The van der Waals surface area contributed by atoms with E-state index < -0.39 is 10.0 Å². The number of rotatable bonds is 6. The van der Waals surface area contributed by atoms with Gasteiger partial charge in [-0.3, -0.25) is 4.79 Å². The van der Waals surface area contributed by atoms with Gasteiger partial charge >= 0.3 is 0 Å². The molecule has 0 radical (unpaired) electrons. The third-order valence-electron chi connectivity index (χ3n) is 4.27. The molecule has 0 spiro atoms. The Morgan fingerprint density at radius 2 is 1.96 bits per heavy atom. The van der Waals surface area contributed by atoms with Gasteiger partial charge in [0, 0.05) is 25.7 Å². The Bertz CT molecular complexity index is 882. The number of nitrogens with zero attached hydrogens (tertiary/aromatic N) is 1. The number of carbonyl (C=O) groups excluding carboxylic acids is 1. The first kappa shape index (κ1) is 18.4. The number of anilines is 1. The molecule has 0 aromatic heterocycles. The molecule has 1 N–H and O–H groups in total. The van der Waals surface area contributed by atoms with Crippen molar-refractivity contribution in [2.75, 3.05) is 24.6 Å². The smallest absolute Gasteiger partial charge is 0.240 e. The van der Waals surface area contributed by atoms with E-state index in [1.807, 2.05) is 30.3 Å². The van der Waals surface area contributed by atoms with E-state index in [1.165, 1.54) is 6.92 Å². The number of hydrogen-bond donors (Lipinski definition) is 1. The number of para-hydroxylation sites is 1. The summed E-state index contributed by atoms with van der Waals surface area (Å²) >= 11 is 0. The van der Waals surface area contributed by atoms with Gasteiger partial charge in [-0.15, -0.1) is 0 Å². The Morgan fingerprint density at radius 1 is 1.19 bits per heavy atom. The summed E-state index contributed by atoms with van der Waals surface area (Å²) in [6.45, 7) is 2.61. The van der Waals surface area contributed by atoms with Crippen LogP contribution in [-0.2, 0) is 21.2 Å². The molecule has 0 saturated carbocycles. The minimum Gasteiger partial charge on any atom is -0.492 e. The first-order chi connectivity index (χ1) is 12.5. The molecule has 2 aromatic rings. The molecule has 0 saturated heterocycles. The van der Waals surface area contributed by atoms with Gasteiger partial charge in [-0.25, -0.2) is 13.1 Å². The van der Waals surface area contributed by atoms with Crippen molar-refractivity contribution in [1.29, 1.82) is 0 Å². The van der Waals surface area contributed by atoms with Crippen LogP contribution in [0.15, 0.2) is 53.4 Å². The lowest BCUT2D eigenvalue weighted by molar-refractivity contribution is -0.116. The summed E-state index contributed by atoms with van der Waals surface area (Å²) in [7, 11) is -3.62. The van der Waals surface area contributed by atoms with Crippen LogP contribution in [0, 0.1) is 0 Å². The van der Waals surface area contributed by atoms with E-state index >= 15 is 0 Å². The molecule has 0 aliphatic carbocycles. The fourth-order valence-corrected chi connectivity index (χ4v) is 4.08. The lowest BCUT2D eigenvalue weighted by Gasteiger charge is -2.28. The molecule has 0 fully saturated rings. The van der Waals surface area contributed by atoms with Gasteiger partial charge in [0.25, 0.3) is 0 Å². The number of hydrogen-bond acceptors (Lipinski definition) is 4. The van der Waals surface area contributed by atoms with Gasteiger partial charge in [0.1, 0.15) is 12.4 Å². The maximum absolute atomic E-state index is 12.5. The summed E-state index contributed by atoms with van der Waals surface area (Å²) in [5.74, 6) is 0.669. The fraction of sp³-hybridized carbons (Fsp3) is 0.316. The van der Waals surface area contributed by atoms with E-state index in [0.29, 0.717) is 12.3 Å². The highest BCUT2D eigenvalue weighted by atomic mass is 32.2. The number of carbonyl (C=O) groups is 1. The number of ether oxygens (including phenoxy) is 1. The molecule has 0 atom stereocenters. The molecular weight excluding hydrogens is 352 g/mol. The second-order valence-electron chi connectivity index (χ2n) is 6.12. The number of amides is 1.